The number of fused-ring (bicyclic) bond motifs is 1. The molecular weight excluding hydrogens is 581 g/mol. The Morgan fingerprint density at radius 3 is 2.59 bits per heavy atom. The highest BCUT2D eigenvalue weighted by Crippen LogP contribution is 2.41. The normalized spacial score (nSPS) is 15.7. The summed E-state index contributed by atoms with van der Waals surface area (Å²) in [7, 11) is 0. The summed E-state index contributed by atoms with van der Waals surface area (Å²) in [6, 6.07) is 13.6. The summed E-state index contributed by atoms with van der Waals surface area (Å²) < 4.78 is 21.9. The summed E-state index contributed by atoms with van der Waals surface area (Å²) in [6.07, 6.45) is 2.68. The van der Waals surface area contributed by atoms with Gasteiger partial charge in [0.2, 0.25) is 0 Å². The third-order valence-corrected chi connectivity index (χ3v) is 8.39. The number of nitrogens with one attached hydrogen (secondary N) is 1. The Morgan fingerprint density at radius 2 is 1.91 bits per heavy atom. The number of ether oxygens (including phenoxy) is 1. The lowest BCUT2D eigenvalue weighted by Gasteiger charge is -2.33. The maximum absolute atomic E-state index is 14.8. The van der Waals surface area contributed by atoms with Crippen LogP contribution in [0.15, 0.2) is 48.7 Å². The SMILES string of the molecule is CC(C)(O)Cn1ncc2cc(-c3sc(C(=O)N4CCC[C@@H](NC(=O)OC(C)(C)C)C4)cc3-c3ccc(C#N)c(F)c3)ccc21. The topological polar surface area (TPSA) is 120 Å². The van der Waals surface area contributed by atoms with Crippen molar-refractivity contribution in [1.29, 1.82) is 5.26 Å². The highest BCUT2D eigenvalue weighted by Gasteiger charge is 2.29. The first-order valence-corrected chi connectivity index (χ1v) is 15.3. The van der Waals surface area contributed by atoms with E-state index < -0.39 is 23.1 Å². The van der Waals surface area contributed by atoms with Crippen LogP contribution < -0.4 is 5.32 Å². The zero-order valence-electron chi connectivity index (χ0n) is 25.5. The molecule has 3 heterocycles. The number of hydrogen-bond donors (Lipinski definition) is 2. The molecule has 4 aromatic rings. The molecule has 230 valence electrons. The second-order valence-corrected chi connectivity index (χ2v) is 13.8. The molecule has 0 aliphatic carbocycles. The Balaban J connectivity index is 1.48. The van der Waals surface area contributed by atoms with Gasteiger partial charge in [0, 0.05) is 35.0 Å². The molecule has 2 N–H and O–H groups in total. The number of rotatable bonds is 6. The van der Waals surface area contributed by atoms with E-state index in [2.05, 4.69) is 10.4 Å². The van der Waals surface area contributed by atoms with Crippen molar-refractivity contribution in [3.05, 3.63) is 64.9 Å². The maximum Gasteiger partial charge on any atom is 0.407 e. The van der Waals surface area contributed by atoms with E-state index in [1.807, 2.05) is 24.3 Å². The van der Waals surface area contributed by atoms with E-state index in [0.717, 1.165) is 34.2 Å². The first-order chi connectivity index (χ1) is 20.7. The number of piperidine rings is 1. The van der Waals surface area contributed by atoms with E-state index in [9.17, 15) is 24.3 Å². The van der Waals surface area contributed by atoms with E-state index in [4.69, 9.17) is 4.74 Å². The monoisotopic (exact) mass is 617 g/mol. The van der Waals surface area contributed by atoms with Gasteiger partial charge in [0.25, 0.3) is 5.91 Å². The number of aromatic nitrogens is 2. The summed E-state index contributed by atoms with van der Waals surface area (Å²) >= 11 is 1.32. The van der Waals surface area contributed by atoms with E-state index in [-0.39, 0.29) is 17.5 Å². The van der Waals surface area contributed by atoms with Gasteiger partial charge in [0.05, 0.1) is 34.3 Å². The zero-order valence-corrected chi connectivity index (χ0v) is 26.3. The molecular formula is C33H36FN5O4S. The number of amides is 2. The van der Waals surface area contributed by atoms with Crippen LogP contribution in [0.4, 0.5) is 9.18 Å². The minimum absolute atomic E-state index is 0.0562. The summed E-state index contributed by atoms with van der Waals surface area (Å²) in [4.78, 5) is 29.2. The Bertz CT molecular complexity index is 1760. The molecule has 1 aliphatic rings. The van der Waals surface area contributed by atoms with Crippen molar-refractivity contribution in [2.75, 3.05) is 13.1 Å². The average Bonchev–Trinajstić information content (AvgIpc) is 3.55. The Kier molecular flexibility index (Phi) is 8.51. The molecule has 1 saturated heterocycles. The lowest BCUT2D eigenvalue weighted by atomic mass is 10.00. The predicted octanol–water partition coefficient (Wildman–Crippen LogP) is 6.34. The third kappa shape index (κ3) is 7.09. The van der Waals surface area contributed by atoms with Crippen LogP contribution >= 0.6 is 11.3 Å². The average molecular weight is 618 g/mol. The van der Waals surface area contributed by atoms with Gasteiger partial charge in [-0.25, -0.2) is 9.18 Å². The number of alkyl carbamates (subject to hydrolysis) is 1. The lowest BCUT2D eigenvalue weighted by Crippen LogP contribution is -2.50. The number of nitrogens with zero attached hydrogens (tertiary/aromatic N) is 4. The van der Waals surface area contributed by atoms with Crippen molar-refractivity contribution in [2.45, 2.75) is 71.2 Å². The number of aliphatic hydroxyl groups is 1. The molecule has 0 spiro atoms. The quantitative estimate of drug-likeness (QED) is 0.260. The van der Waals surface area contributed by atoms with Crippen molar-refractivity contribution in [3.8, 4) is 27.6 Å². The molecule has 2 aromatic heterocycles. The highest BCUT2D eigenvalue weighted by atomic mass is 32.1. The van der Waals surface area contributed by atoms with Crippen LogP contribution in [0.1, 0.15) is 62.7 Å². The molecule has 44 heavy (non-hydrogen) atoms. The molecule has 2 aromatic carbocycles. The van der Waals surface area contributed by atoms with Crippen LogP contribution in [-0.2, 0) is 11.3 Å². The molecule has 0 saturated carbocycles. The van der Waals surface area contributed by atoms with Gasteiger partial charge in [-0.15, -0.1) is 11.3 Å². The van der Waals surface area contributed by atoms with Crippen LogP contribution in [0.2, 0.25) is 0 Å². The van der Waals surface area contributed by atoms with E-state index in [1.165, 1.54) is 23.5 Å². The number of likely N-dealkylation sites (tertiary alicyclic amines) is 1. The number of halogens is 1. The van der Waals surface area contributed by atoms with Gasteiger partial charge in [-0.05, 0) is 88.9 Å². The fraction of sp³-hybridized carbons (Fsp3) is 0.394. The highest BCUT2D eigenvalue weighted by molar-refractivity contribution is 7.18. The smallest absolute Gasteiger partial charge is 0.407 e. The molecule has 1 atom stereocenters. The van der Waals surface area contributed by atoms with E-state index in [0.29, 0.717) is 35.6 Å². The fourth-order valence-electron chi connectivity index (χ4n) is 5.33. The maximum atomic E-state index is 14.8. The van der Waals surface area contributed by atoms with Gasteiger partial charge in [-0.3, -0.25) is 9.48 Å². The fourth-order valence-corrected chi connectivity index (χ4v) is 6.47. The largest absolute Gasteiger partial charge is 0.444 e. The standard InChI is InChI=1S/C33H36FN5O4S/c1-32(2,3)43-31(41)37-24-7-6-12-38(18-24)30(40)28-15-25(20-8-9-22(16-35)26(34)14-20)29(44-28)21-10-11-27-23(13-21)17-36-39(27)19-33(4,5)42/h8-11,13-15,17,24,42H,6-7,12,18-19H2,1-5H3,(H,37,41)/t24-/m1/s1. The van der Waals surface area contributed by atoms with Gasteiger partial charge in [-0.2, -0.15) is 10.4 Å². The van der Waals surface area contributed by atoms with Gasteiger partial charge < -0.3 is 20.1 Å². The van der Waals surface area contributed by atoms with E-state index in [1.54, 1.807) is 62.5 Å². The molecule has 1 fully saturated rings. The van der Waals surface area contributed by atoms with Crippen LogP contribution in [-0.4, -0.2) is 62.1 Å². The third-order valence-electron chi connectivity index (χ3n) is 7.21. The van der Waals surface area contributed by atoms with Crippen molar-refractivity contribution in [2.24, 2.45) is 0 Å². The number of thiophene rings is 1. The summed E-state index contributed by atoms with van der Waals surface area (Å²) in [5, 5.41) is 27.7. The van der Waals surface area contributed by atoms with Crippen LogP contribution in [0.25, 0.3) is 32.5 Å². The summed E-state index contributed by atoms with van der Waals surface area (Å²) in [5.74, 6) is -0.808. The number of nitriles is 1. The van der Waals surface area contributed by atoms with Crippen molar-refractivity contribution >= 4 is 34.2 Å². The molecule has 0 bridgehead atoms. The molecule has 2 amide bonds. The molecule has 0 radical (unpaired) electrons. The Labute approximate surface area is 259 Å². The predicted molar refractivity (Wildman–Crippen MR) is 168 cm³/mol. The van der Waals surface area contributed by atoms with Crippen LogP contribution in [0.3, 0.4) is 0 Å². The second-order valence-electron chi connectivity index (χ2n) is 12.8. The molecule has 5 rings (SSSR count). The molecule has 11 heteroatoms. The number of benzene rings is 2. The molecule has 9 nitrogen and oxygen atoms in total. The minimum Gasteiger partial charge on any atom is -0.444 e. The van der Waals surface area contributed by atoms with Gasteiger partial charge in [0.1, 0.15) is 17.5 Å². The van der Waals surface area contributed by atoms with Gasteiger partial charge >= 0.3 is 6.09 Å². The van der Waals surface area contributed by atoms with Gasteiger partial charge in [-0.1, -0.05) is 12.1 Å². The summed E-state index contributed by atoms with van der Waals surface area (Å²) in [6.45, 7) is 10.1. The Hall–Kier alpha value is -4.27. The number of carbonyl (C=O) groups excluding carboxylic acids is 2. The molecule has 1 aliphatic heterocycles. The van der Waals surface area contributed by atoms with Crippen molar-refractivity contribution < 1.29 is 23.8 Å². The van der Waals surface area contributed by atoms with E-state index >= 15 is 0 Å². The first kappa shape index (κ1) is 31.2. The zero-order chi connectivity index (χ0) is 31.8. The first-order valence-electron chi connectivity index (χ1n) is 14.5. The van der Waals surface area contributed by atoms with Crippen molar-refractivity contribution in [3.63, 3.8) is 0 Å². The van der Waals surface area contributed by atoms with Crippen LogP contribution in [0, 0.1) is 17.1 Å². The van der Waals surface area contributed by atoms with Crippen molar-refractivity contribution in [1.82, 2.24) is 20.0 Å². The lowest BCUT2D eigenvalue weighted by molar-refractivity contribution is 0.0452. The van der Waals surface area contributed by atoms with Gasteiger partial charge in [0.15, 0.2) is 0 Å². The number of hydrogen-bond acceptors (Lipinski definition) is 7. The summed E-state index contributed by atoms with van der Waals surface area (Å²) in [5.41, 5.74) is 1.28. The second kappa shape index (κ2) is 12.0. The van der Waals surface area contributed by atoms with Crippen LogP contribution in [0.5, 0.6) is 0 Å². The number of carbonyl (C=O) groups is 2. The minimum atomic E-state index is -0.941. The molecule has 0 unspecified atom stereocenters. The Morgan fingerprint density at radius 1 is 1.16 bits per heavy atom.